The molecule has 2 aliphatic rings. The van der Waals surface area contributed by atoms with Crippen LogP contribution in [0.25, 0.3) is 11.1 Å². The van der Waals surface area contributed by atoms with Gasteiger partial charge in [-0.1, -0.05) is 48.5 Å². The third-order valence-corrected chi connectivity index (χ3v) is 6.95. The molecule has 0 radical (unpaired) electrons. The van der Waals surface area contributed by atoms with Gasteiger partial charge in [-0.05, 0) is 54.2 Å². The Morgan fingerprint density at radius 1 is 1.03 bits per heavy atom. The highest BCUT2D eigenvalue weighted by Gasteiger charge is 2.42. The van der Waals surface area contributed by atoms with Gasteiger partial charge in [0, 0.05) is 24.4 Å². The summed E-state index contributed by atoms with van der Waals surface area (Å²) in [5, 5.41) is 13.6. The molecule has 3 aromatic carbocycles. The molecule has 8 heteroatoms. The molecule has 8 nitrogen and oxygen atoms in total. The molecule has 1 N–H and O–H groups in total. The van der Waals surface area contributed by atoms with E-state index in [1.165, 1.54) is 29.2 Å². The first-order valence-corrected chi connectivity index (χ1v) is 11.6. The lowest BCUT2D eigenvalue weighted by Gasteiger charge is -2.29. The molecule has 1 saturated heterocycles. The normalized spacial score (nSPS) is 17.4. The van der Waals surface area contributed by atoms with Crippen LogP contribution in [-0.2, 0) is 14.9 Å². The summed E-state index contributed by atoms with van der Waals surface area (Å²) in [6, 6.07) is 21.2. The molecule has 0 aromatic heterocycles. The molecule has 0 saturated carbocycles. The first kappa shape index (κ1) is 22.6. The van der Waals surface area contributed by atoms with Crippen molar-refractivity contribution in [3.05, 3.63) is 94.0 Å². The maximum atomic E-state index is 13.1. The number of amides is 2. The van der Waals surface area contributed by atoms with Crippen LogP contribution in [0.5, 0.6) is 0 Å². The van der Waals surface area contributed by atoms with Crippen molar-refractivity contribution < 1.29 is 19.2 Å². The highest BCUT2D eigenvalue weighted by Crippen LogP contribution is 2.48. The minimum Gasteiger partial charge on any atom is -0.448 e. The zero-order chi connectivity index (χ0) is 24.6. The van der Waals surface area contributed by atoms with Crippen LogP contribution < -0.4 is 5.32 Å². The molecule has 0 bridgehead atoms. The summed E-state index contributed by atoms with van der Waals surface area (Å²) in [5.74, 6) is -0.337. The summed E-state index contributed by atoms with van der Waals surface area (Å²) < 4.78 is 5.83. The van der Waals surface area contributed by atoms with E-state index in [1.807, 2.05) is 24.3 Å². The van der Waals surface area contributed by atoms with Crippen molar-refractivity contribution in [1.29, 1.82) is 0 Å². The molecule has 1 atom stereocenters. The number of nitro groups is 1. The average Bonchev–Trinajstić information content (AvgIpc) is 3.46. The fourth-order valence-electron chi connectivity index (χ4n) is 5.14. The van der Waals surface area contributed by atoms with E-state index in [2.05, 4.69) is 36.5 Å². The Bertz CT molecular complexity index is 1260. The Morgan fingerprint density at radius 3 is 2.23 bits per heavy atom. The Balaban J connectivity index is 1.28. The number of anilines is 1. The molecule has 5 rings (SSSR count). The minimum atomic E-state index is -0.659. The van der Waals surface area contributed by atoms with Crippen molar-refractivity contribution in [3.8, 4) is 11.1 Å². The van der Waals surface area contributed by atoms with Gasteiger partial charge in [-0.15, -0.1) is 0 Å². The second kappa shape index (κ2) is 8.87. The van der Waals surface area contributed by atoms with E-state index < -0.39 is 22.5 Å². The highest BCUT2D eigenvalue weighted by molar-refractivity contribution is 5.97. The quantitative estimate of drug-likeness (QED) is 0.411. The van der Waals surface area contributed by atoms with Gasteiger partial charge in [0.2, 0.25) is 5.91 Å². The van der Waals surface area contributed by atoms with Gasteiger partial charge in [0.25, 0.3) is 5.69 Å². The van der Waals surface area contributed by atoms with Gasteiger partial charge >= 0.3 is 6.09 Å². The molecule has 178 valence electrons. The Hall–Kier alpha value is -4.20. The Kier molecular flexibility index (Phi) is 5.72. The third kappa shape index (κ3) is 4.01. The number of nitro benzene ring substituents is 1. The zero-order valence-electron chi connectivity index (χ0n) is 19.3. The highest BCUT2D eigenvalue weighted by atomic mass is 16.6. The van der Waals surface area contributed by atoms with E-state index in [4.69, 9.17) is 4.74 Å². The molecule has 35 heavy (non-hydrogen) atoms. The number of ether oxygens (including phenoxy) is 1. The molecule has 0 spiro atoms. The second-order valence-electron chi connectivity index (χ2n) is 9.12. The van der Waals surface area contributed by atoms with Gasteiger partial charge in [-0.25, -0.2) is 4.79 Å². The summed E-state index contributed by atoms with van der Waals surface area (Å²) in [7, 11) is 0. The summed E-state index contributed by atoms with van der Waals surface area (Å²) in [5.41, 5.74) is 4.40. The summed E-state index contributed by atoms with van der Waals surface area (Å²) in [4.78, 5) is 37.8. The van der Waals surface area contributed by atoms with E-state index in [-0.39, 0.29) is 18.2 Å². The Morgan fingerprint density at radius 2 is 1.63 bits per heavy atom. The van der Waals surface area contributed by atoms with Crippen LogP contribution in [0.2, 0.25) is 0 Å². The standard InChI is InChI=1S/C27H25N3O5/c1-27(22-9-4-2-7-20(22)21-8-3-5-10-23(21)27)17-35-26(32)29-16-6-11-24(29)25(31)28-18-12-14-19(15-13-18)30(33)34/h2-5,7-10,12-15,24H,6,11,16-17H2,1H3,(H,28,31)/t24-/m1/s1. The lowest BCUT2D eigenvalue weighted by Crippen LogP contribution is -2.44. The largest absolute Gasteiger partial charge is 0.448 e. The van der Waals surface area contributed by atoms with Crippen LogP contribution in [0.15, 0.2) is 72.8 Å². The lowest BCUT2D eigenvalue weighted by molar-refractivity contribution is -0.384. The number of carbonyl (C=O) groups is 2. The van der Waals surface area contributed by atoms with Crippen LogP contribution >= 0.6 is 0 Å². The number of nitrogens with zero attached hydrogens (tertiary/aromatic N) is 2. The molecular formula is C27H25N3O5. The van der Waals surface area contributed by atoms with Crippen molar-refractivity contribution in [2.24, 2.45) is 0 Å². The molecule has 0 unspecified atom stereocenters. The third-order valence-electron chi connectivity index (χ3n) is 6.95. The number of fused-ring (bicyclic) bond motifs is 3. The number of rotatable bonds is 5. The molecule has 3 aromatic rings. The van der Waals surface area contributed by atoms with Gasteiger partial charge in [-0.2, -0.15) is 0 Å². The van der Waals surface area contributed by atoms with Crippen LogP contribution in [0.4, 0.5) is 16.2 Å². The topological polar surface area (TPSA) is 102 Å². The smallest absolute Gasteiger partial charge is 0.410 e. The predicted octanol–water partition coefficient (Wildman–Crippen LogP) is 5.12. The van der Waals surface area contributed by atoms with Gasteiger partial charge in [-0.3, -0.25) is 19.8 Å². The maximum absolute atomic E-state index is 13.1. The molecule has 1 fully saturated rings. The van der Waals surface area contributed by atoms with Gasteiger partial charge in [0.1, 0.15) is 12.6 Å². The first-order valence-electron chi connectivity index (χ1n) is 11.6. The lowest BCUT2D eigenvalue weighted by atomic mass is 9.81. The number of nitrogens with one attached hydrogen (secondary N) is 1. The first-order chi connectivity index (χ1) is 16.9. The van der Waals surface area contributed by atoms with Crippen LogP contribution in [0.3, 0.4) is 0 Å². The predicted molar refractivity (Wildman–Crippen MR) is 131 cm³/mol. The van der Waals surface area contributed by atoms with Crippen molar-refractivity contribution >= 4 is 23.4 Å². The maximum Gasteiger partial charge on any atom is 0.410 e. The van der Waals surface area contributed by atoms with Gasteiger partial charge in [0.05, 0.1) is 10.3 Å². The number of likely N-dealkylation sites (tertiary alicyclic amines) is 1. The van der Waals surface area contributed by atoms with E-state index in [1.54, 1.807) is 0 Å². The molecule has 1 heterocycles. The molecule has 1 aliphatic heterocycles. The SMILES string of the molecule is CC1(COC(=O)N2CCC[C@@H]2C(=O)Nc2ccc([N+](=O)[O-])cc2)c2ccccc2-c2ccccc21. The van der Waals surface area contributed by atoms with Crippen LogP contribution in [0, 0.1) is 10.1 Å². The van der Waals surface area contributed by atoms with Crippen molar-refractivity contribution in [2.75, 3.05) is 18.5 Å². The summed E-state index contributed by atoms with van der Waals surface area (Å²) in [6.07, 6.45) is 0.696. The fraction of sp³-hybridized carbons (Fsp3) is 0.259. The van der Waals surface area contributed by atoms with Gasteiger partial charge in [0.15, 0.2) is 0 Å². The summed E-state index contributed by atoms with van der Waals surface area (Å²) >= 11 is 0. The molecule has 1 aliphatic carbocycles. The van der Waals surface area contributed by atoms with E-state index in [9.17, 15) is 19.7 Å². The van der Waals surface area contributed by atoms with E-state index >= 15 is 0 Å². The van der Waals surface area contributed by atoms with Crippen molar-refractivity contribution in [1.82, 2.24) is 4.90 Å². The molecule has 2 amide bonds. The number of hydrogen-bond acceptors (Lipinski definition) is 5. The van der Waals surface area contributed by atoms with E-state index in [0.29, 0.717) is 25.1 Å². The number of hydrogen-bond donors (Lipinski definition) is 1. The summed E-state index contributed by atoms with van der Waals surface area (Å²) in [6.45, 7) is 2.67. The Labute approximate surface area is 202 Å². The number of carbonyl (C=O) groups excluding carboxylic acids is 2. The second-order valence-corrected chi connectivity index (χ2v) is 9.12. The van der Waals surface area contributed by atoms with Crippen molar-refractivity contribution in [3.63, 3.8) is 0 Å². The number of non-ortho nitro benzene ring substituents is 1. The average molecular weight is 472 g/mol. The van der Waals surface area contributed by atoms with Crippen LogP contribution in [-0.4, -0.2) is 41.0 Å². The molecular weight excluding hydrogens is 446 g/mol. The van der Waals surface area contributed by atoms with E-state index in [0.717, 1.165) is 22.3 Å². The number of benzene rings is 3. The zero-order valence-corrected chi connectivity index (χ0v) is 19.3. The van der Waals surface area contributed by atoms with Gasteiger partial charge < -0.3 is 10.1 Å². The fourth-order valence-corrected chi connectivity index (χ4v) is 5.14. The minimum absolute atomic E-state index is 0.0578. The van der Waals surface area contributed by atoms with Crippen LogP contribution in [0.1, 0.15) is 30.9 Å². The van der Waals surface area contributed by atoms with Crippen molar-refractivity contribution in [2.45, 2.75) is 31.2 Å². The monoisotopic (exact) mass is 471 g/mol.